The van der Waals surface area contributed by atoms with E-state index in [2.05, 4.69) is 22.2 Å². The number of hydrogen-bond donors (Lipinski definition) is 2. The molecule has 4 nitrogen and oxygen atoms in total. The Morgan fingerprint density at radius 2 is 2.33 bits per heavy atom. The van der Waals surface area contributed by atoms with Crippen molar-refractivity contribution >= 4 is 5.82 Å². The second kappa shape index (κ2) is 4.04. The average molecular weight is 207 g/mol. The molecule has 1 saturated carbocycles. The molecule has 0 radical (unpaired) electrons. The summed E-state index contributed by atoms with van der Waals surface area (Å²) in [4.78, 5) is 18.1. The van der Waals surface area contributed by atoms with Crippen LogP contribution < -0.4 is 10.9 Å². The predicted molar refractivity (Wildman–Crippen MR) is 60.0 cm³/mol. The molecule has 1 fully saturated rings. The third-order valence-corrected chi connectivity index (χ3v) is 2.91. The van der Waals surface area contributed by atoms with E-state index in [0.29, 0.717) is 17.7 Å². The number of nitrogens with zero attached hydrogens (tertiary/aromatic N) is 1. The Morgan fingerprint density at radius 1 is 1.53 bits per heavy atom. The van der Waals surface area contributed by atoms with Gasteiger partial charge in [0, 0.05) is 12.1 Å². The van der Waals surface area contributed by atoms with Crippen molar-refractivity contribution in [2.75, 3.05) is 5.32 Å². The number of hydrogen-bond acceptors (Lipinski definition) is 3. The lowest BCUT2D eigenvalue weighted by atomic mass is 10.1. The van der Waals surface area contributed by atoms with Crippen molar-refractivity contribution in [3.63, 3.8) is 0 Å². The highest BCUT2D eigenvalue weighted by Crippen LogP contribution is 2.26. The van der Waals surface area contributed by atoms with E-state index in [1.54, 1.807) is 6.92 Å². The summed E-state index contributed by atoms with van der Waals surface area (Å²) < 4.78 is 0. The van der Waals surface area contributed by atoms with Gasteiger partial charge in [-0.25, -0.2) is 4.98 Å². The predicted octanol–water partition coefficient (Wildman–Crippen LogP) is 1.68. The van der Waals surface area contributed by atoms with Crippen molar-refractivity contribution < 1.29 is 0 Å². The molecule has 82 valence electrons. The fraction of sp³-hybridized carbons (Fsp3) is 0.636. The molecule has 2 unspecified atom stereocenters. The van der Waals surface area contributed by atoms with Gasteiger partial charge in [-0.1, -0.05) is 6.92 Å². The Labute approximate surface area is 89.1 Å². The smallest absolute Gasteiger partial charge is 0.252 e. The molecule has 1 aliphatic rings. The Kier molecular flexibility index (Phi) is 2.75. The monoisotopic (exact) mass is 207 g/mol. The third-order valence-electron chi connectivity index (χ3n) is 2.91. The van der Waals surface area contributed by atoms with Crippen molar-refractivity contribution in [1.82, 2.24) is 9.97 Å². The van der Waals surface area contributed by atoms with Crippen LogP contribution in [0, 0.1) is 12.8 Å². The Hall–Kier alpha value is -1.32. The van der Waals surface area contributed by atoms with Crippen molar-refractivity contribution in [2.45, 2.75) is 39.2 Å². The maximum absolute atomic E-state index is 11.2. The molecule has 0 saturated heterocycles. The van der Waals surface area contributed by atoms with Crippen molar-refractivity contribution in [3.8, 4) is 0 Å². The maximum Gasteiger partial charge on any atom is 0.252 e. The molecule has 2 N–H and O–H groups in total. The molecule has 0 amide bonds. The summed E-state index contributed by atoms with van der Waals surface area (Å²) in [5.74, 6) is 2.15. The van der Waals surface area contributed by atoms with Gasteiger partial charge in [0.25, 0.3) is 5.56 Å². The summed E-state index contributed by atoms with van der Waals surface area (Å²) in [5, 5.41) is 3.32. The van der Waals surface area contributed by atoms with E-state index in [1.165, 1.54) is 25.3 Å². The van der Waals surface area contributed by atoms with E-state index in [0.717, 1.165) is 5.92 Å². The molecular weight excluding hydrogens is 190 g/mol. The molecule has 0 bridgehead atoms. The van der Waals surface area contributed by atoms with Crippen LogP contribution in [-0.4, -0.2) is 16.0 Å². The van der Waals surface area contributed by atoms with Gasteiger partial charge in [0.15, 0.2) is 0 Å². The van der Waals surface area contributed by atoms with E-state index in [-0.39, 0.29) is 5.56 Å². The number of H-pyrrole nitrogens is 1. The lowest BCUT2D eigenvalue weighted by molar-refractivity contribution is 0.602. The van der Waals surface area contributed by atoms with Crippen LogP contribution in [0.2, 0.25) is 0 Å². The lowest BCUT2D eigenvalue weighted by Crippen LogP contribution is -2.19. The second-order valence-corrected chi connectivity index (χ2v) is 4.48. The highest BCUT2D eigenvalue weighted by molar-refractivity contribution is 5.34. The van der Waals surface area contributed by atoms with Gasteiger partial charge in [-0.3, -0.25) is 4.79 Å². The summed E-state index contributed by atoms with van der Waals surface area (Å²) in [6.07, 6.45) is 3.61. The van der Waals surface area contributed by atoms with E-state index >= 15 is 0 Å². The van der Waals surface area contributed by atoms with E-state index < -0.39 is 0 Å². The number of rotatable bonds is 2. The van der Waals surface area contributed by atoms with Gasteiger partial charge in [-0.2, -0.15) is 0 Å². The van der Waals surface area contributed by atoms with Crippen LogP contribution in [0.4, 0.5) is 5.82 Å². The zero-order valence-corrected chi connectivity index (χ0v) is 9.21. The molecule has 2 rings (SSSR count). The van der Waals surface area contributed by atoms with E-state index in [9.17, 15) is 4.79 Å². The van der Waals surface area contributed by atoms with Crippen LogP contribution in [-0.2, 0) is 0 Å². The third kappa shape index (κ3) is 2.58. The molecule has 1 heterocycles. The fourth-order valence-corrected chi connectivity index (χ4v) is 2.20. The Morgan fingerprint density at radius 3 is 2.93 bits per heavy atom. The number of aromatic nitrogens is 2. The van der Waals surface area contributed by atoms with Crippen LogP contribution in [0.25, 0.3) is 0 Å². The van der Waals surface area contributed by atoms with Gasteiger partial charge in [-0.15, -0.1) is 0 Å². The normalized spacial score (nSPS) is 25.5. The molecule has 4 heteroatoms. The maximum atomic E-state index is 11.2. The van der Waals surface area contributed by atoms with Gasteiger partial charge >= 0.3 is 0 Å². The van der Waals surface area contributed by atoms with Crippen LogP contribution >= 0.6 is 0 Å². The van der Waals surface area contributed by atoms with Gasteiger partial charge in [-0.05, 0) is 32.1 Å². The fourth-order valence-electron chi connectivity index (χ4n) is 2.20. The van der Waals surface area contributed by atoms with Crippen LogP contribution in [0.3, 0.4) is 0 Å². The summed E-state index contributed by atoms with van der Waals surface area (Å²) >= 11 is 0. The topological polar surface area (TPSA) is 57.8 Å². The first-order valence-electron chi connectivity index (χ1n) is 5.48. The average Bonchev–Trinajstić information content (AvgIpc) is 2.49. The number of anilines is 1. The summed E-state index contributed by atoms with van der Waals surface area (Å²) in [7, 11) is 0. The molecule has 0 spiro atoms. The van der Waals surface area contributed by atoms with Crippen LogP contribution in [0.15, 0.2) is 10.9 Å². The van der Waals surface area contributed by atoms with Gasteiger partial charge in [0.2, 0.25) is 0 Å². The number of nitrogens with one attached hydrogen (secondary N) is 2. The Balaban J connectivity index is 2.07. The zero-order valence-electron chi connectivity index (χ0n) is 9.21. The Bertz CT molecular complexity index is 399. The largest absolute Gasteiger partial charge is 0.367 e. The van der Waals surface area contributed by atoms with E-state index in [4.69, 9.17) is 0 Å². The SMILES string of the molecule is Cc1nc(NC2CCC(C)C2)cc(=O)[nH]1. The minimum atomic E-state index is -0.0870. The quantitative estimate of drug-likeness (QED) is 0.775. The zero-order chi connectivity index (χ0) is 10.8. The molecule has 1 aromatic rings. The van der Waals surface area contributed by atoms with Gasteiger partial charge in [0.1, 0.15) is 11.6 Å². The number of aryl methyl sites for hydroxylation is 1. The van der Waals surface area contributed by atoms with E-state index in [1.807, 2.05) is 0 Å². The van der Waals surface area contributed by atoms with Crippen molar-refractivity contribution in [3.05, 3.63) is 22.2 Å². The molecule has 1 aliphatic carbocycles. The minimum Gasteiger partial charge on any atom is -0.367 e. The second-order valence-electron chi connectivity index (χ2n) is 4.48. The van der Waals surface area contributed by atoms with Gasteiger partial charge in [0.05, 0.1) is 0 Å². The standard InChI is InChI=1S/C11H17N3O/c1-7-3-4-9(5-7)14-10-6-11(15)13-8(2)12-10/h6-7,9H,3-5H2,1-2H3,(H2,12,13,14,15). The first-order valence-corrected chi connectivity index (χ1v) is 5.48. The van der Waals surface area contributed by atoms with Gasteiger partial charge < -0.3 is 10.3 Å². The lowest BCUT2D eigenvalue weighted by Gasteiger charge is -2.12. The highest BCUT2D eigenvalue weighted by Gasteiger charge is 2.21. The summed E-state index contributed by atoms with van der Waals surface area (Å²) in [5.41, 5.74) is -0.0870. The molecule has 0 aliphatic heterocycles. The summed E-state index contributed by atoms with van der Waals surface area (Å²) in [6.45, 7) is 4.06. The van der Waals surface area contributed by atoms with Crippen LogP contribution in [0.5, 0.6) is 0 Å². The van der Waals surface area contributed by atoms with Crippen LogP contribution in [0.1, 0.15) is 32.0 Å². The number of aromatic amines is 1. The minimum absolute atomic E-state index is 0.0870. The first kappa shape index (κ1) is 10.2. The molecular formula is C11H17N3O. The van der Waals surface area contributed by atoms with Crippen molar-refractivity contribution in [1.29, 1.82) is 0 Å². The molecule has 1 aromatic heterocycles. The van der Waals surface area contributed by atoms with Crippen molar-refractivity contribution in [2.24, 2.45) is 5.92 Å². The summed E-state index contributed by atoms with van der Waals surface area (Å²) in [6, 6.07) is 2.00. The highest BCUT2D eigenvalue weighted by atomic mass is 16.1. The molecule has 2 atom stereocenters. The molecule has 15 heavy (non-hydrogen) atoms. The molecule has 0 aromatic carbocycles. The first-order chi connectivity index (χ1) is 7.13.